The van der Waals surface area contributed by atoms with E-state index in [1.807, 2.05) is 0 Å². The average Bonchev–Trinajstić information content (AvgIpc) is 3.11. The van der Waals surface area contributed by atoms with E-state index < -0.39 is 11.9 Å². The second-order valence-electron chi connectivity index (χ2n) is 4.37. The summed E-state index contributed by atoms with van der Waals surface area (Å²) < 4.78 is 37.8. The fraction of sp³-hybridized carbons (Fsp3) is 0.636. The molecule has 4 nitrogen and oxygen atoms in total. The fourth-order valence-corrected chi connectivity index (χ4v) is 1.61. The lowest BCUT2D eigenvalue weighted by atomic mass is 10.3. The van der Waals surface area contributed by atoms with Crippen molar-refractivity contribution in [3.05, 3.63) is 11.8 Å². The molecule has 18 heavy (non-hydrogen) atoms. The van der Waals surface area contributed by atoms with Crippen molar-refractivity contribution < 1.29 is 13.2 Å². The molecule has 0 atom stereocenters. The van der Waals surface area contributed by atoms with Crippen molar-refractivity contribution in [2.24, 2.45) is 5.92 Å². The predicted octanol–water partition coefficient (Wildman–Crippen LogP) is 2.75. The number of nitrogens with zero attached hydrogens (tertiary/aromatic N) is 2. The lowest BCUT2D eigenvalue weighted by Gasteiger charge is -2.11. The third kappa shape index (κ3) is 3.48. The molecule has 1 aromatic heterocycles. The number of nitrogens with one attached hydrogen (secondary N) is 2. The molecular weight excluding hydrogens is 245 g/mol. The highest BCUT2D eigenvalue weighted by atomic mass is 19.4. The Morgan fingerprint density at radius 2 is 2.06 bits per heavy atom. The Morgan fingerprint density at radius 3 is 2.61 bits per heavy atom. The smallest absolute Gasteiger partial charge is 0.370 e. The molecule has 2 N–H and O–H groups in total. The Hall–Kier alpha value is -1.53. The monoisotopic (exact) mass is 260 g/mol. The van der Waals surface area contributed by atoms with Crippen LogP contribution in [0.5, 0.6) is 0 Å². The largest absolute Gasteiger partial charge is 0.433 e. The van der Waals surface area contributed by atoms with Crippen LogP contribution >= 0.6 is 0 Å². The van der Waals surface area contributed by atoms with Crippen LogP contribution in [0.3, 0.4) is 0 Å². The Balaban J connectivity index is 2.07. The van der Waals surface area contributed by atoms with Crippen LogP contribution < -0.4 is 10.6 Å². The van der Waals surface area contributed by atoms with Gasteiger partial charge in [0.15, 0.2) is 5.69 Å². The number of hydrogen-bond acceptors (Lipinski definition) is 4. The van der Waals surface area contributed by atoms with Gasteiger partial charge in [0.25, 0.3) is 0 Å². The molecule has 0 bridgehead atoms. The van der Waals surface area contributed by atoms with E-state index in [4.69, 9.17) is 0 Å². The third-order valence-corrected chi connectivity index (χ3v) is 2.80. The van der Waals surface area contributed by atoms with Gasteiger partial charge in [-0.15, -0.1) is 0 Å². The van der Waals surface area contributed by atoms with Crippen LogP contribution in [0.2, 0.25) is 0 Å². The molecule has 1 fully saturated rings. The summed E-state index contributed by atoms with van der Waals surface area (Å²) in [6, 6.07) is 0.938. The average molecular weight is 260 g/mol. The van der Waals surface area contributed by atoms with Crippen LogP contribution in [0.1, 0.15) is 25.0 Å². The zero-order chi connectivity index (χ0) is 13.2. The Morgan fingerprint density at radius 1 is 1.33 bits per heavy atom. The van der Waals surface area contributed by atoms with Gasteiger partial charge in [-0.1, -0.05) is 12.8 Å². The van der Waals surface area contributed by atoms with Crippen molar-refractivity contribution in [3.63, 3.8) is 0 Å². The topological polar surface area (TPSA) is 49.8 Å². The summed E-state index contributed by atoms with van der Waals surface area (Å²) in [5, 5.41) is 5.44. The van der Waals surface area contributed by atoms with E-state index in [-0.39, 0.29) is 11.8 Å². The van der Waals surface area contributed by atoms with Crippen LogP contribution in [0.4, 0.5) is 24.9 Å². The van der Waals surface area contributed by atoms with Gasteiger partial charge in [-0.2, -0.15) is 18.2 Å². The number of halogens is 3. The van der Waals surface area contributed by atoms with Crippen molar-refractivity contribution in [1.82, 2.24) is 9.97 Å². The fourth-order valence-electron chi connectivity index (χ4n) is 1.61. The zero-order valence-corrected chi connectivity index (χ0v) is 10.0. The summed E-state index contributed by atoms with van der Waals surface area (Å²) in [7, 11) is 1.49. The summed E-state index contributed by atoms with van der Waals surface area (Å²) in [5.41, 5.74) is -0.934. The molecule has 0 aliphatic heterocycles. The second-order valence-corrected chi connectivity index (χ2v) is 4.37. The maximum atomic E-state index is 12.6. The molecule has 1 aliphatic rings. The predicted molar refractivity (Wildman–Crippen MR) is 62.4 cm³/mol. The first-order valence-corrected chi connectivity index (χ1v) is 5.87. The van der Waals surface area contributed by atoms with E-state index in [0.717, 1.165) is 18.4 Å². The Labute approximate surface area is 103 Å². The van der Waals surface area contributed by atoms with E-state index in [2.05, 4.69) is 20.6 Å². The summed E-state index contributed by atoms with van der Waals surface area (Å²) in [6.07, 6.45) is -1.04. The molecule has 0 aromatic carbocycles. The SMILES string of the molecule is CNc1nc(NCCC2CC2)cc(C(F)(F)F)n1. The highest BCUT2D eigenvalue weighted by Gasteiger charge is 2.33. The quantitative estimate of drug-likeness (QED) is 0.854. The number of hydrogen-bond donors (Lipinski definition) is 2. The molecule has 2 rings (SSSR count). The Bertz CT molecular complexity index is 415. The van der Waals surface area contributed by atoms with Gasteiger partial charge in [-0.25, -0.2) is 4.98 Å². The van der Waals surface area contributed by atoms with Gasteiger partial charge in [-0.3, -0.25) is 0 Å². The van der Waals surface area contributed by atoms with Crippen molar-refractivity contribution in [3.8, 4) is 0 Å². The van der Waals surface area contributed by atoms with Gasteiger partial charge >= 0.3 is 6.18 Å². The highest BCUT2D eigenvalue weighted by Crippen LogP contribution is 2.32. The van der Waals surface area contributed by atoms with Crippen LogP contribution in [0.25, 0.3) is 0 Å². The molecule has 1 heterocycles. The number of rotatable bonds is 5. The molecule has 100 valence electrons. The van der Waals surface area contributed by atoms with Crippen molar-refractivity contribution in [2.75, 3.05) is 24.2 Å². The maximum absolute atomic E-state index is 12.6. The summed E-state index contributed by atoms with van der Waals surface area (Å²) in [6.45, 7) is 0.641. The van der Waals surface area contributed by atoms with E-state index in [0.29, 0.717) is 6.54 Å². The number of alkyl halides is 3. The molecular formula is C11H15F3N4. The van der Waals surface area contributed by atoms with Gasteiger partial charge < -0.3 is 10.6 Å². The molecule has 1 aliphatic carbocycles. The Kier molecular flexibility index (Phi) is 3.58. The lowest BCUT2D eigenvalue weighted by molar-refractivity contribution is -0.141. The van der Waals surface area contributed by atoms with Gasteiger partial charge in [0, 0.05) is 19.7 Å². The first-order valence-electron chi connectivity index (χ1n) is 5.87. The van der Waals surface area contributed by atoms with Gasteiger partial charge in [0.2, 0.25) is 5.95 Å². The molecule has 0 unspecified atom stereocenters. The lowest BCUT2D eigenvalue weighted by Crippen LogP contribution is -2.13. The molecule has 0 spiro atoms. The zero-order valence-electron chi connectivity index (χ0n) is 10.0. The minimum atomic E-state index is -4.46. The van der Waals surface area contributed by atoms with Gasteiger partial charge in [0.1, 0.15) is 5.82 Å². The van der Waals surface area contributed by atoms with Gasteiger partial charge in [0.05, 0.1) is 0 Å². The van der Waals surface area contributed by atoms with Crippen LogP contribution in [-0.4, -0.2) is 23.6 Å². The molecule has 1 aromatic rings. The van der Waals surface area contributed by atoms with E-state index in [1.54, 1.807) is 0 Å². The third-order valence-electron chi connectivity index (χ3n) is 2.80. The van der Waals surface area contributed by atoms with Crippen molar-refractivity contribution >= 4 is 11.8 Å². The first-order chi connectivity index (χ1) is 8.49. The van der Waals surface area contributed by atoms with Crippen LogP contribution in [0.15, 0.2) is 6.07 Å². The van der Waals surface area contributed by atoms with Crippen molar-refractivity contribution in [1.29, 1.82) is 0 Å². The van der Waals surface area contributed by atoms with Gasteiger partial charge in [-0.05, 0) is 12.3 Å². The van der Waals surface area contributed by atoms with Crippen LogP contribution in [-0.2, 0) is 6.18 Å². The first kappa shape index (κ1) is 12.9. The highest BCUT2D eigenvalue weighted by molar-refractivity contribution is 5.42. The summed E-state index contributed by atoms with van der Waals surface area (Å²) in [5.74, 6) is 0.909. The minimum absolute atomic E-state index is 0.0289. The minimum Gasteiger partial charge on any atom is -0.370 e. The molecule has 0 amide bonds. The van der Waals surface area contributed by atoms with Crippen molar-refractivity contribution in [2.45, 2.75) is 25.4 Å². The number of aromatic nitrogens is 2. The second kappa shape index (κ2) is 4.99. The molecule has 1 saturated carbocycles. The molecule has 0 radical (unpaired) electrons. The summed E-state index contributed by atoms with van der Waals surface area (Å²) >= 11 is 0. The number of anilines is 2. The summed E-state index contributed by atoms with van der Waals surface area (Å²) in [4.78, 5) is 7.34. The van der Waals surface area contributed by atoms with E-state index in [9.17, 15) is 13.2 Å². The van der Waals surface area contributed by atoms with E-state index >= 15 is 0 Å². The van der Waals surface area contributed by atoms with E-state index in [1.165, 1.54) is 19.9 Å². The van der Waals surface area contributed by atoms with Crippen LogP contribution in [0, 0.1) is 5.92 Å². The normalized spacial score (nSPS) is 15.6. The maximum Gasteiger partial charge on any atom is 0.433 e. The standard InChI is InChI=1S/C11H15F3N4/c1-15-10-17-8(11(12,13)14)6-9(18-10)16-5-4-7-2-3-7/h6-7H,2-5H2,1H3,(H2,15,16,17,18). The molecule has 0 saturated heterocycles. The molecule has 7 heteroatoms.